The lowest BCUT2D eigenvalue weighted by Gasteiger charge is -2.11. The third kappa shape index (κ3) is 4.07. The summed E-state index contributed by atoms with van der Waals surface area (Å²) in [7, 11) is -3.36. The van der Waals surface area contributed by atoms with Gasteiger partial charge in [-0.15, -0.1) is 0 Å². The Morgan fingerprint density at radius 2 is 1.88 bits per heavy atom. The fourth-order valence-electron chi connectivity index (χ4n) is 1.40. The molecule has 1 rings (SSSR count). The number of nitrogens with one attached hydrogen (secondary N) is 1. The van der Waals surface area contributed by atoms with Crippen molar-refractivity contribution in [3.63, 3.8) is 0 Å². The molecule has 0 atom stereocenters. The largest absolute Gasteiger partial charge is 0.366 e. The normalized spacial score (nSPS) is 11.5. The van der Waals surface area contributed by atoms with E-state index in [1.165, 1.54) is 6.07 Å². The van der Waals surface area contributed by atoms with Crippen LogP contribution < -0.4 is 10.5 Å². The van der Waals surface area contributed by atoms with Crippen LogP contribution >= 0.6 is 0 Å². The molecular weight excluding hydrogens is 240 g/mol. The van der Waals surface area contributed by atoms with Crippen molar-refractivity contribution in [3.8, 4) is 0 Å². The van der Waals surface area contributed by atoms with Gasteiger partial charge in [0.2, 0.25) is 15.9 Å². The first kappa shape index (κ1) is 13.5. The van der Waals surface area contributed by atoms with Crippen LogP contribution in [0.2, 0.25) is 0 Å². The molecule has 0 unspecified atom stereocenters. The maximum Gasteiger partial charge on any atom is 0.248 e. The summed E-state index contributed by atoms with van der Waals surface area (Å²) >= 11 is 0. The highest BCUT2D eigenvalue weighted by atomic mass is 32.2. The maximum absolute atomic E-state index is 11.1. The number of amides is 1. The topological polar surface area (TPSA) is 89.3 Å². The average Bonchev–Trinajstić information content (AvgIpc) is 2.14. The van der Waals surface area contributed by atoms with Gasteiger partial charge in [0.05, 0.1) is 6.26 Å². The molecule has 3 N–H and O–H groups in total. The molecule has 6 heteroatoms. The van der Waals surface area contributed by atoms with Gasteiger partial charge in [-0.25, -0.2) is 8.42 Å². The summed E-state index contributed by atoms with van der Waals surface area (Å²) in [6, 6.07) is 4.79. The molecule has 0 aliphatic carbocycles. The van der Waals surface area contributed by atoms with E-state index < -0.39 is 15.9 Å². The summed E-state index contributed by atoms with van der Waals surface area (Å²) in [6.07, 6.45) is 1.05. The Morgan fingerprint density at radius 1 is 1.29 bits per heavy atom. The van der Waals surface area contributed by atoms with Crippen molar-refractivity contribution >= 4 is 21.6 Å². The Balaban J connectivity index is 3.26. The Kier molecular flexibility index (Phi) is 3.77. The number of primary amides is 1. The number of carbonyl (C=O) groups excluding carboxylic acids is 1. The highest BCUT2D eigenvalue weighted by Gasteiger charge is 2.10. The van der Waals surface area contributed by atoms with Crippen molar-refractivity contribution in [2.75, 3.05) is 11.0 Å². The van der Waals surface area contributed by atoms with Gasteiger partial charge in [-0.2, -0.15) is 0 Å². The standard InChI is InChI=1S/C11H16N2O3S/c1-7(2)8-4-9(11(12)14)6-10(5-8)13-17(3,15)16/h4-7,13H,1-3H3,(H2,12,14). The van der Waals surface area contributed by atoms with Gasteiger partial charge in [-0.1, -0.05) is 13.8 Å². The van der Waals surface area contributed by atoms with Crippen molar-refractivity contribution in [2.24, 2.45) is 5.73 Å². The van der Waals surface area contributed by atoms with Crippen molar-refractivity contribution in [1.29, 1.82) is 0 Å². The van der Waals surface area contributed by atoms with Gasteiger partial charge in [0, 0.05) is 11.3 Å². The molecule has 0 fully saturated rings. The number of anilines is 1. The number of hydrogen-bond acceptors (Lipinski definition) is 3. The molecule has 0 spiro atoms. The smallest absolute Gasteiger partial charge is 0.248 e. The third-order valence-electron chi connectivity index (χ3n) is 2.21. The molecule has 1 aromatic rings. The molecule has 0 aliphatic heterocycles. The molecule has 1 amide bonds. The lowest BCUT2D eigenvalue weighted by molar-refractivity contribution is 0.1000. The second-order valence-electron chi connectivity index (χ2n) is 4.24. The van der Waals surface area contributed by atoms with Crippen LogP contribution in [0.3, 0.4) is 0 Å². The second-order valence-corrected chi connectivity index (χ2v) is 5.99. The van der Waals surface area contributed by atoms with E-state index in [9.17, 15) is 13.2 Å². The zero-order valence-corrected chi connectivity index (χ0v) is 10.8. The minimum absolute atomic E-state index is 0.175. The molecule has 1 aromatic carbocycles. The van der Waals surface area contributed by atoms with Crippen molar-refractivity contribution in [3.05, 3.63) is 29.3 Å². The SMILES string of the molecule is CC(C)c1cc(NS(C)(=O)=O)cc(C(N)=O)c1. The highest BCUT2D eigenvalue weighted by molar-refractivity contribution is 7.92. The highest BCUT2D eigenvalue weighted by Crippen LogP contribution is 2.22. The minimum atomic E-state index is -3.36. The molecule has 0 aromatic heterocycles. The number of carbonyl (C=O) groups is 1. The predicted molar refractivity (Wildman–Crippen MR) is 67.5 cm³/mol. The van der Waals surface area contributed by atoms with E-state index in [-0.39, 0.29) is 5.92 Å². The van der Waals surface area contributed by atoms with Gasteiger partial charge in [-0.05, 0) is 29.7 Å². The van der Waals surface area contributed by atoms with Crippen LogP contribution in [0.15, 0.2) is 18.2 Å². The molecule has 94 valence electrons. The van der Waals surface area contributed by atoms with E-state index in [0.29, 0.717) is 11.3 Å². The van der Waals surface area contributed by atoms with Crippen LogP contribution in [0.25, 0.3) is 0 Å². The van der Waals surface area contributed by atoms with Crippen LogP contribution in [0.1, 0.15) is 35.7 Å². The van der Waals surface area contributed by atoms with Crippen molar-refractivity contribution < 1.29 is 13.2 Å². The minimum Gasteiger partial charge on any atom is -0.366 e. The zero-order chi connectivity index (χ0) is 13.2. The average molecular weight is 256 g/mol. The van der Waals surface area contributed by atoms with Gasteiger partial charge < -0.3 is 5.73 Å². The Bertz CT molecular complexity index is 536. The monoisotopic (exact) mass is 256 g/mol. The first-order chi connectivity index (χ1) is 7.69. The lowest BCUT2D eigenvalue weighted by atomic mass is 10.00. The molecule has 0 heterocycles. The van der Waals surface area contributed by atoms with Gasteiger partial charge in [-0.3, -0.25) is 9.52 Å². The first-order valence-electron chi connectivity index (χ1n) is 5.11. The summed E-state index contributed by atoms with van der Waals surface area (Å²) in [6.45, 7) is 3.90. The van der Waals surface area contributed by atoms with E-state index in [1.807, 2.05) is 13.8 Å². The summed E-state index contributed by atoms with van der Waals surface area (Å²) in [4.78, 5) is 11.1. The van der Waals surface area contributed by atoms with Crippen LogP contribution in [-0.2, 0) is 10.0 Å². The zero-order valence-electron chi connectivity index (χ0n) is 10.0. The van der Waals surface area contributed by atoms with Gasteiger partial charge in [0.25, 0.3) is 0 Å². The molecule has 0 bridgehead atoms. The molecule has 5 nitrogen and oxygen atoms in total. The van der Waals surface area contributed by atoms with Gasteiger partial charge >= 0.3 is 0 Å². The Hall–Kier alpha value is -1.56. The van der Waals surface area contributed by atoms with Gasteiger partial charge in [0.15, 0.2) is 0 Å². The van der Waals surface area contributed by atoms with Crippen LogP contribution in [0.4, 0.5) is 5.69 Å². The number of benzene rings is 1. The van der Waals surface area contributed by atoms with E-state index in [4.69, 9.17) is 5.73 Å². The lowest BCUT2D eigenvalue weighted by Crippen LogP contribution is -2.14. The fraction of sp³-hybridized carbons (Fsp3) is 0.364. The molecule has 17 heavy (non-hydrogen) atoms. The van der Waals surface area contributed by atoms with Crippen molar-refractivity contribution in [2.45, 2.75) is 19.8 Å². The summed E-state index contributed by atoms with van der Waals surface area (Å²) in [5, 5.41) is 0. The molecule has 0 radical (unpaired) electrons. The summed E-state index contributed by atoms with van der Waals surface area (Å²) < 4.78 is 24.6. The Morgan fingerprint density at radius 3 is 2.29 bits per heavy atom. The molecule has 0 saturated heterocycles. The van der Waals surface area contributed by atoms with Crippen LogP contribution in [0.5, 0.6) is 0 Å². The quantitative estimate of drug-likeness (QED) is 0.850. The summed E-state index contributed by atoms with van der Waals surface area (Å²) in [5.74, 6) is -0.404. The van der Waals surface area contributed by atoms with E-state index in [1.54, 1.807) is 12.1 Å². The Labute approximate surface area is 101 Å². The van der Waals surface area contributed by atoms with Crippen LogP contribution in [-0.4, -0.2) is 20.6 Å². The molecule has 0 aliphatic rings. The second kappa shape index (κ2) is 4.75. The maximum atomic E-state index is 11.1. The number of sulfonamides is 1. The number of hydrogen-bond donors (Lipinski definition) is 2. The van der Waals surface area contributed by atoms with Crippen molar-refractivity contribution in [1.82, 2.24) is 0 Å². The molecule has 0 saturated carbocycles. The molecular formula is C11H16N2O3S. The third-order valence-corrected chi connectivity index (χ3v) is 2.82. The number of nitrogens with two attached hydrogens (primary N) is 1. The van der Waals surface area contributed by atoms with Gasteiger partial charge in [0.1, 0.15) is 0 Å². The van der Waals surface area contributed by atoms with Crippen LogP contribution in [0, 0.1) is 0 Å². The van der Waals surface area contributed by atoms with E-state index >= 15 is 0 Å². The first-order valence-corrected chi connectivity index (χ1v) is 7.01. The van der Waals surface area contributed by atoms with E-state index in [2.05, 4.69) is 4.72 Å². The van der Waals surface area contributed by atoms with E-state index in [0.717, 1.165) is 11.8 Å². The number of rotatable bonds is 4. The fourth-order valence-corrected chi connectivity index (χ4v) is 1.95. The predicted octanol–water partition coefficient (Wildman–Crippen LogP) is 1.28. The summed E-state index contributed by atoms with van der Waals surface area (Å²) in [5.41, 5.74) is 6.70.